The van der Waals surface area contributed by atoms with E-state index < -0.39 is 28.3 Å². The van der Waals surface area contributed by atoms with Crippen molar-refractivity contribution in [2.45, 2.75) is 33.3 Å². The molecule has 0 radical (unpaired) electrons. The molecule has 0 spiro atoms. The van der Waals surface area contributed by atoms with E-state index in [2.05, 4.69) is 10.6 Å². The second kappa shape index (κ2) is 8.03. The van der Waals surface area contributed by atoms with Crippen molar-refractivity contribution in [2.24, 2.45) is 0 Å². The standard InChI is InChI=1S/C19H20FN3O5/c1-11-9-13(23(26)27)6-7-14(11)17(24)22-16-10-12(5-8-15(16)20)21-18(25)28-19(2,3)4/h5-10H,1-4H3,(H,21,25)(H,22,24). The maximum Gasteiger partial charge on any atom is 0.412 e. The smallest absolute Gasteiger partial charge is 0.412 e. The second-order valence-corrected chi connectivity index (χ2v) is 7.03. The van der Waals surface area contributed by atoms with E-state index >= 15 is 0 Å². The molecular formula is C19H20FN3O5. The number of halogens is 1. The number of benzene rings is 2. The molecule has 0 saturated carbocycles. The molecule has 8 nitrogen and oxygen atoms in total. The molecule has 0 unspecified atom stereocenters. The van der Waals surface area contributed by atoms with E-state index in [9.17, 15) is 24.1 Å². The van der Waals surface area contributed by atoms with Crippen LogP contribution in [0.2, 0.25) is 0 Å². The SMILES string of the molecule is Cc1cc([N+](=O)[O-])ccc1C(=O)Nc1cc(NC(=O)OC(C)(C)C)ccc1F. The van der Waals surface area contributed by atoms with Crippen LogP contribution >= 0.6 is 0 Å². The van der Waals surface area contributed by atoms with Gasteiger partial charge in [0.25, 0.3) is 11.6 Å². The van der Waals surface area contributed by atoms with Gasteiger partial charge in [0.15, 0.2) is 0 Å². The molecule has 0 atom stereocenters. The molecule has 0 aliphatic rings. The van der Waals surface area contributed by atoms with Crippen LogP contribution in [0.5, 0.6) is 0 Å². The van der Waals surface area contributed by atoms with Crippen molar-refractivity contribution in [3.8, 4) is 0 Å². The Morgan fingerprint density at radius 2 is 1.79 bits per heavy atom. The molecule has 0 aliphatic carbocycles. The van der Waals surface area contributed by atoms with Crippen LogP contribution in [0.25, 0.3) is 0 Å². The Balaban J connectivity index is 2.18. The third-order valence-corrected chi connectivity index (χ3v) is 3.53. The van der Waals surface area contributed by atoms with Crippen LogP contribution in [0, 0.1) is 22.9 Å². The number of amides is 2. The van der Waals surface area contributed by atoms with Crippen LogP contribution in [0.4, 0.5) is 26.2 Å². The Morgan fingerprint density at radius 1 is 1.11 bits per heavy atom. The van der Waals surface area contributed by atoms with Gasteiger partial charge in [-0.15, -0.1) is 0 Å². The van der Waals surface area contributed by atoms with Crippen LogP contribution in [0.15, 0.2) is 36.4 Å². The Bertz CT molecular complexity index is 938. The Morgan fingerprint density at radius 3 is 2.36 bits per heavy atom. The highest BCUT2D eigenvalue weighted by Crippen LogP contribution is 2.23. The minimum absolute atomic E-state index is 0.149. The van der Waals surface area contributed by atoms with Crippen molar-refractivity contribution in [2.75, 3.05) is 10.6 Å². The summed E-state index contributed by atoms with van der Waals surface area (Å²) in [6.07, 6.45) is -0.720. The lowest BCUT2D eigenvalue weighted by molar-refractivity contribution is -0.384. The quantitative estimate of drug-likeness (QED) is 0.584. The zero-order chi connectivity index (χ0) is 21.1. The monoisotopic (exact) mass is 389 g/mol. The van der Waals surface area contributed by atoms with Gasteiger partial charge in [-0.2, -0.15) is 0 Å². The number of carbonyl (C=O) groups is 2. The first-order chi connectivity index (χ1) is 13.0. The van der Waals surface area contributed by atoms with E-state index in [-0.39, 0.29) is 22.6 Å². The zero-order valence-corrected chi connectivity index (χ0v) is 15.8. The molecule has 2 aromatic rings. The minimum atomic E-state index is -0.720. The Kier molecular flexibility index (Phi) is 5.97. The molecule has 0 heterocycles. The Labute approximate surface area is 160 Å². The fourth-order valence-corrected chi connectivity index (χ4v) is 2.33. The van der Waals surface area contributed by atoms with Crippen LogP contribution < -0.4 is 10.6 Å². The molecule has 0 saturated heterocycles. The lowest BCUT2D eigenvalue weighted by Crippen LogP contribution is -2.27. The predicted molar refractivity (Wildman–Crippen MR) is 102 cm³/mol. The fourth-order valence-electron chi connectivity index (χ4n) is 2.33. The highest BCUT2D eigenvalue weighted by molar-refractivity contribution is 6.05. The van der Waals surface area contributed by atoms with Crippen LogP contribution in [-0.4, -0.2) is 22.5 Å². The van der Waals surface area contributed by atoms with Crippen molar-refractivity contribution in [1.82, 2.24) is 0 Å². The average Bonchev–Trinajstić information content (AvgIpc) is 2.55. The largest absolute Gasteiger partial charge is 0.444 e. The molecule has 9 heteroatoms. The maximum atomic E-state index is 14.1. The molecule has 0 aromatic heterocycles. The molecule has 0 aliphatic heterocycles. The number of hydrogen-bond donors (Lipinski definition) is 2. The molecule has 28 heavy (non-hydrogen) atoms. The highest BCUT2D eigenvalue weighted by atomic mass is 19.1. The van der Waals surface area contributed by atoms with Gasteiger partial charge in [0.2, 0.25) is 0 Å². The number of carbonyl (C=O) groups excluding carboxylic acids is 2. The van der Waals surface area contributed by atoms with Crippen LogP contribution in [0.1, 0.15) is 36.7 Å². The number of nitrogens with zero attached hydrogens (tertiary/aromatic N) is 1. The highest BCUT2D eigenvalue weighted by Gasteiger charge is 2.18. The lowest BCUT2D eigenvalue weighted by atomic mass is 10.1. The van der Waals surface area contributed by atoms with Crippen molar-refractivity contribution in [3.63, 3.8) is 0 Å². The number of nitro benzene ring substituents is 1. The van der Waals surface area contributed by atoms with Gasteiger partial charge >= 0.3 is 6.09 Å². The second-order valence-electron chi connectivity index (χ2n) is 7.03. The first-order valence-corrected chi connectivity index (χ1v) is 8.32. The van der Waals surface area contributed by atoms with Crippen LogP contribution in [0.3, 0.4) is 0 Å². The summed E-state index contributed by atoms with van der Waals surface area (Å²) in [5.41, 5.74) is -0.244. The molecule has 0 fully saturated rings. The summed E-state index contributed by atoms with van der Waals surface area (Å²) >= 11 is 0. The van der Waals surface area contributed by atoms with E-state index in [1.807, 2.05) is 0 Å². The van der Waals surface area contributed by atoms with Gasteiger partial charge in [0.05, 0.1) is 10.6 Å². The third kappa shape index (κ3) is 5.50. The number of ether oxygens (including phenoxy) is 1. The Hall–Kier alpha value is -3.49. The van der Waals surface area contributed by atoms with Gasteiger partial charge in [-0.3, -0.25) is 20.2 Å². The average molecular weight is 389 g/mol. The molecule has 148 valence electrons. The first kappa shape index (κ1) is 20.8. The van der Waals surface area contributed by atoms with E-state index in [1.54, 1.807) is 27.7 Å². The van der Waals surface area contributed by atoms with E-state index in [4.69, 9.17) is 4.74 Å². The summed E-state index contributed by atoms with van der Waals surface area (Å²) < 4.78 is 19.2. The van der Waals surface area contributed by atoms with Crippen molar-refractivity contribution >= 4 is 29.1 Å². The zero-order valence-electron chi connectivity index (χ0n) is 15.8. The lowest BCUT2D eigenvalue weighted by Gasteiger charge is -2.20. The molecule has 2 amide bonds. The van der Waals surface area contributed by atoms with E-state index in [0.29, 0.717) is 5.56 Å². The van der Waals surface area contributed by atoms with Crippen molar-refractivity contribution in [3.05, 3.63) is 63.5 Å². The third-order valence-electron chi connectivity index (χ3n) is 3.53. The summed E-state index contributed by atoms with van der Waals surface area (Å²) in [5.74, 6) is -1.34. The number of anilines is 2. The summed E-state index contributed by atoms with van der Waals surface area (Å²) in [5, 5.41) is 15.7. The van der Waals surface area contributed by atoms with Crippen LogP contribution in [-0.2, 0) is 4.74 Å². The summed E-state index contributed by atoms with van der Waals surface area (Å²) in [4.78, 5) is 34.5. The number of nitrogens with one attached hydrogen (secondary N) is 2. The number of rotatable bonds is 4. The normalized spacial score (nSPS) is 10.9. The number of hydrogen-bond acceptors (Lipinski definition) is 5. The van der Waals surface area contributed by atoms with Gasteiger partial charge in [0.1, 0.15) is 11.4 Å². The molecule has 2 rings (SSSR count). The molecule has 2 N–H and O–H groups in total. The van der Waals surface area contributed by atoms with Crippen molar-refractivity contribution < 1.29 is 23.6 Å². The van der Waals surface area contributed by atoms with Gasteiger partial charge in [0, 0.05) is 23.4 Å². The minimum Gasteiger partial charge on any atom is -0.444 e. The fraction of sp³-hybridized carbons (Fsp3) is 0.263. The topological polar surface area (TPSA) is 111 Å². The predicted octanol–water partition coefficient (Wildman–Crippen LogP) is 4.64. The van der Waals surface area contributed by atoms with Gasteiger partial charge in [-0.05, 0) is 57.5 Å². The molecular weight excluding hydrogens is 369 g/mol. The number of nitro groups is 1. The first-order valence-electron chi connectivity index (χ1n) is 8.32. The van der Waals surface area contributed by atoms with E-state index in [1.165, 1.54) is 30.3 Å². The number of aryl methyl sites for hydroxylation is 1. The van der Waals surface area contributed by atoms with Crippen molar-refractivity contribution in [1.29, 1.82) is 0 Å². The van der Waals surface area contributed by atoms with E-state index in [0.717, 1.165) is 6.07 Å². The van der Waals surface area contributed by atoms with Gasteiger partial charge in [-0.25, -0.2) is 9.18 Å². The van der Waals surface area contributed by atoms with Gasteiger partial charge in [-0.1, -0.05) is 0 Å². The summed E-state index contributed by atoms with van der Waals surface area (Å²) in [6.45, 7) is 6.65. The molecule has 2 aromatic carbocycles. The maximum absolute atomic E-state index is 14.1. The summed E-state index contributed by atoms with van der Waals surface area (Å²) in [7, 11) is 0. The van der Waals surface area contributed by atoms with Gasteiger partial charge < -0.3 is 10.1 Å². The molecule has 0 bridgehead atoms. The number of non-ortho nitro benzene ring substituents is 1. The summed E-state index contributed by atoms with van der Waals surface area (Å²) in [6, 6.07) is 7.41.